The fraction of sp³-hybridized carbons (Fsp3) is 0.0233. The Morgan fingerprint density at radius 1 is 0.426 bits per heavy atom. The summed E-state index contributed by atoms with van der Waals surface area (Å²) in [6.07, 6.45) is 0. The van der Waals surface area contributed by atoms with E-state index in [0.29, 0.717) is 0 Å². The Morgan fingerprint density at radius 3 is 1.39 bits per heavy atom. The minimum Gasteiger partial charge on any atom is -0.508 e. The van der Waals surface area contributed by atoms with Crippen LogP contribution in [0.4, 0.5) is 0 Å². The first-order valence-corrected chi connectivity index (χ1v) is 17.6. The first-order valence-electron chi connectivity index (χ1n) is 17.6. The molecule has 1 heterocycles. The molecular formula is C43H28B2O16. The van der Waals surface area contributed by atoms with Gasteiger partial charge in [-0.05, 0) is 39.4 Å². The molecule has 0 fully saturated rings. The zero-order valence-electron chi connectivity index (χ0n) is 31.1. The van der Waals surface area contributed by atoms with Crippen LogP contribution in [0.25, 0.3) is 82.1 Å². The molecule has 7 aromatic carbocycles. The minimum atomic E-state index is -1.33. The molecule has 0 bridgehead atoms. The van der Waals surface area contributed by atoms with Gasteiger partial charge in [0.1, 0.15) is 38.4 Å². The molecule has 0 spiro atoms. The van der Waals surface area contributed by atoms with Crippen molar-refractivity contribution in [3.8, 4) is 85.5 Å². The highest BCUT2D eigenvalue weighted by Crippen LogP contribution is 2.59. The highest BCUT2D eigenvalue weighted by atomic mass is 16.4. The Kier molecular flexibility index (Phi) is 8.54. The quantitative estimate of drug-likeness (QED) is 0.0222. The van der Waals surface area contributed by atoms with E-state index in [1.54, 1.807) is 24.3 Å². The van der Waals surface area contributed by atoms with Gasteiger partial charge in [-0.3, -0.25) is 0 Å². The molecule has 0 atom stereocenters. The van der Waals surface area contributed by atoms with Crippen molar-refractivity contribution in [1.82, 2.24) is 0 Å². The standard InChI is InChI=1S/C43H28B2O16/c1-11(28(47)38(57)29(48)12(2)46)17-30(49)23(34(53)39(58)32(17)51)19-15-9-5-3-7-13(15)18(14-8-4-6-10-16(14)19)20-21-22-26(44)31(50)24-25(36(55)41(60)40(59)35(24)54)42(22)61-43(21)27(45)37(56)33(20)52/h3-10,46-60H,2H2,1H3/b28-11-,38-29-. The normalized spacial score (nSPS) is 12.7. The van der Waals surface area contributed by atoms with Crippen molar-refractivity contribution in [2.45, 2.75) is 6.92 Å². The number of hydrogen-bond donors (Lipinski definition) is 15. The Labute approximate surface area is 342 Å². The topological polar surface area (TPSA) is 317 Å². The number of rotatable bonds is 5. The van der Waals surface area contributed by atoms with E-state index in [1.165, 1.54) is 24.3 Å². The van der Waals surface area contributed by atoms with Crippen LogP contribution in [0.15, 0.2) is 82.6 Å². The average Bonchev–Trinajstić information content (AvgIpc) is 3.64. The van der Waals surface area contributed by atoms with Crippen LogP contribution in [0.1, 0.15) is 12.5 Å². The third-order valence-corrected chi connectivity index (χ3v) is 10.8. The van der Waals surface area contributed by atoms with Gasteiger partial charge < -0.3 is 81.0 Å². The first kappa shape index (κ1) is 39.3. The van der Waals surface area contributed by atoms with Gasteiger partial charge >= 0.3 is 0 Å². The SMILES string of the molecule is [B]c1c(O)c(O)c(-c2c3ccccc3c(-c3c(O)c(O)c(O)c(/C(C)=C(O)/C(O)=C(/O)C(=C)O)c3O)c3ccccc23)c2c1oc1c3c(O)c(O)c(O)c(O)c3c(O)c([B])c12. The van der Waals surface area contributed by atoms with Gasteiger partial charge in [0, 0.05) is 33.0 Å². The summed E-state index contributed by atoms with van der Waals surface area (Å²) in [4.78, 5) is 0. The van der Waals surface area contributed by atoms with Gasteiger partial charge in [0.15, 0.2) is 46.0 Å². The van der Waals surface area contributed by atoms with Gasteiger partial charge in [0.2, 0.25) is 28.8 Å². The number of aliphatic hydroxyl groups excluding tert-OH is 4. The first-order chi connectivity index (χ1) is 28.8. The number of phenolic OH excluding ortho intramolecular Hbond substituents is 11. The number of furan rings is 1. The molecular weight excluding hydrogens is 794 g/mol. The van der Waals surface area contributed by atoms with Gasteiger partial charge in [-0.25, -0.2) is 0 Å². The third-order valence-electron chi connectivity index (χ3n) is 10.8. The average molecular weight is 822 g/mol. The monoisotopic (exact) mass is 822 g/mol. The number of aliphatic hydroxyl groups is 4. The Hall–Kier alpha value is -8.53. The van der Waals surface area contributed by atoms with Crippen molar-refractivity contribution in [3.05, 3.63) is 83.7 Å². The zero-order valence-corrected chi connectivity index (χ0v) is 31.1. The smallest absolute Gasteiger partial charge is 0.205 e. The predicted molar refractivity (Wildman–Crippen MR) is 225 cm³/mol. The van der Waals surface area contributed by atoms with Crippen LogP contribution in [-0.2, 0) is 0 Å². The fourth-order valence-corrected chi connectivity index (χ4v) is 7.91. The van der Waals surface area contributed by atoms with Crippen LogP contribution in [0.3, 0.4) is 0 Å². The molecule has 0 aliphatic heterocycles. The second kappa shape index (κ2) is 13.3. The molecule has 16 nitrogen and oxygen atoms in total. The lowest BCUT2D eigenvalue weighted by Crippen LogP contribution is -2.08. The van der Waals surface area contributed by atoms with Crippen LogP contribution < -0.4 is 10.9 Å². The molecule has 61 heavy (non-hydrogen) atoms. The Bertz CT molecular complexity index is 3360. The minimum absolute atomic E-state index is 0.0357. The lowest BCUT2D eigenvalue weighted by Gasteiger charge is -2.22. The summed E-state index contributed by atoms with van der Waals surface area (Å²) in [6, 6.07) is 12.3. The van der Waals surface area contributed by atoms with Crippen LogP contribution >= 0.6 is 0 Å². The molecule has 0 amide bonds. The second-order valence-electron chi connectivity index (χ2n) is 14.0. The summed E-state index contributed by atoms with van der Waals surface area (Å²) in [5.41, 5.74) is -3.97. The highest BCUT2D eigenvalue weighted by molar-refractivity contribution is 6.50. The van der Waals surface area contributed by atoms with Crippen molar-refractivity contribution in [3.63, 3.8) is 0 Å². The van der Waals surface area contributed by atoms with Crippen LogP contribution in [0.5, 0.6) is 63.2 Å². The van der Waals surface area contributed by atoms with Crippen molar-refractivity contribution in [2.75, 3.05) is 0 Å². The Balaban J connectivity index is 1.58. The lowest BCUT2D eigenvalue weighted by atomic mass is 9.79. The summed E-state index contributed by atoms with van der Waals surface area (Å²) >= 11 is 0. The van der Waals surface area contributed by atoms with E-state index in [4.69, 9.17) is 20.1 Å². The molecule has 0 saturated carbocycles. The number of allylic oxidation sites excluding steroid dienone is 1. The van der Waals surface area contributed by atoms with Crippen LogP contribution in [-0.4, -0.2) is 92.3 Å². The van der Waals surface area contributed by atoms with E-state index in [2.05, 4.69) is 6.58 Å². The van der Waals surface area contributed by atoms with Crippen molar-refractivity contribution in [2.24, 2.45) is 0 Å². The summed E-state index contributed by atoms with van der Waals surface area (Å²) in [7, 11) is 12.8. The van der Waals surface area contributed by atoms with Crippen molar-refractivity contribution in [1.29, 1.82) is 0 Å². The molecule has 0 unspecified atom stereocenters. The van der Waals surface area contributed by atoms with Gasteiger partial charge in [0.25, 0.3) is 0 Å². The van der Waals surface area contributed by atoms with Crippen molar-refractivity contribution >= 4 is 86.4 Å². The largest absolute Gasteiger partial charge is 0.508 e. The zero-order chi connectivity index (χ0) is 44.4. The maximum Gasteiger partial charge on any atom is 0.205 e. The number of benzene rings is 7. The van der Waals surface area contributed by atoms with Gasteiger partial charge in [-0.15, -0.1) is 0 Å². The number of fused-ring (bicyclic) bond motifs is 7. The van der Waals surface area contributed by atoms with E-state index in [-0.39, 0.29) is 54.6 Å². The molecule has 0 aliphatic carbocycles. The Morgan fingerprint density at radius 2 is 0.885 bits per heavy atom. The van der Waals surface area contributed by atoms with Gasteiger partial charge in [-0.1, -0.05) is 55.1 Å². The molecule has 0 saturated heterocycles. The number of phenols is 11. The van der Waals surface area contributed by atoms with Gasteiger partial charge in [0.05, 0.1) is 21.9 Å². The molecule has 15 N–H and O–H groups in total. The van der Waals surface area contributed by atoms with E-state index in [0.717, 1.165) is 6.92 Å². The number of aromatic hydroxyl groups is 11. The maximum absolute atomic E-state index is 11.9. The molecule has 1 aromatic heterocycles. The molecule has 8 aromatic rings. The second-order valence-corrected chi connectivity index (χ2v) is 14.0. The molecule has 0 aliphatic rings. The summed E-state index contributed by atoms with van der Waals surface area (Å²) in [5, 5.41) is 163. The molecule has 8 rings (SSSR count). The summed E-state index contributed by atoms with van der Waals surface area (Å²) in [5.74, 6) is -16.4. The highest BCUT2D eigenvalue weighted by Gasteiger charge is 2.34. The van der Waals surface area contributed by atoms with Crippen molar-refractivity contribution < 1.29 is 81.0 Å². The van der Waals surface area contributed by atoms with E-state index < -0.39 is 130 Å². The summed E-state index contributed by atoms with van der Waals surface area (Å²) in [6.45, 7) is 4.11. The van der Waals surface area contributed by atoms with E-state index in [1.807, 2.05) is 0 Å². The predicted octanol–water partition coefficient (Wildman–Crippen LogP) is 6.42. The third kappa shape index (κ3) is 5.08. The number of hydrogen-bond acceptors (Lipinski definition) is 16. The van der Waals surface area contributed by atoms with Crippen LogP contribution in [0, 0.1) is 0 Å². The van der Waals surface area contributed by atoms with E-state index in [9.17, 15) is 76.6 Å². The fourth-order valence-electron chi connectivity index (χ4n) is 7.91. The van der Waals surface area contributed by atoms with Crippen LogP contribution in [0.2, 0.25) is 0 Å². The lowest BCUT2D eigenvalue weighted by molar-refractivity contribution is 0.263. The maximum atomic E-state index is 11.9. The molecule has 18 heteroatoms. The summed E-state index contributed by atoms with van der Waals surface area (Å²) < 4.78 is 6.08. The molecule has 302 valence electrons. The van der Waals surface area contributed by atoms with Gasteiger partial charge in [-0.2, -0.15) is 0 Å². The van der Waals surface area contributed by atoms with E-state index >= 15 is 0 Å². The molecule has 4 radical (unpaired) electrons.